The molecule has 9 nitrogen and oxygen atoms in total. The monoisotopic (exact) mass is 380 g/mol. The molecule has 1 fully saturated rings. The van der Waals surface area contributed by atoms with Crippen LogP contribution in [-0.4, -0.2) is 77.9 Å². The molecule has 1 aromatic rings. The standard InChI is InChI=1S/C18H32N6O3/c1-5-19-17(23-10-12-24(13-11-23)18(25)26-6-2)20-9-7-8-15-21-16(14(3)4)22-27-15/h14H,5-13H2,1-4H3,(H,19,20). The van der Waals surface area contributed by atoms with Gasteiger partial charge in [-0.3, -0.25) is 4.99 Å². The van der Waals surface area contributed by atoms with Gasteiger partial charge in [-0.05, 0) is 20.3 Å². The molecule has 0 spiro atoms. The van der Waals surface area contributed by atoms with Gasteiger partial charge in [0.1, 0.15) is 0 Å². The molecule has 0 radical (unpaired) electrons. The van der Waals surface area contributed by atoms with Crippen LogP contribution in [-0.2, 0) is 11.2 Å². The molecule has 1 saturated heterocycles. The van der Waals surface area contributed by atoms with Gasteiger partial charge < -0.3 is 24.4 Å². The van der Waals surface area contributed by atoms with Gasteiger partial charge in [0.25, 0.3) is 0 Å². The molecule has 1 amide bonds. The molecule has 0 atom stereocenters. The summed E-state index contributed by atoms with van der Waals surface area (Å²) in [4.78, 5) is 24.8. The molecule has 1 aromatic heterocycles. The largest absolute Gasteiger partial charge is 0.450 e. The van der Waals surface area contributed by atoms with Crippen LogP contribution >= 0.6 is 0 Å². The Kier molecular flexibility index (Phi) is 8.35. The number of piperazine rings is 1. The van der Waals surface area contributed by atoms with Gasteiger partial charge in [0, 0.05) is 51.6 Å². The lowest BCUT2D eigenvalue weighted by Gasteiger charge is -2.35. The Hall–Kier alpha value is -2.32. The van der Waals surface area contributed by atoms with E-state index in [1.165, 1.54) is 0 Å². The van der Waals surface area contributed by atoms with E-state index in [4.69, 9.17) is 14.3 Å². The van der Waals surface area contributed by atoms with E-state index < -0.39 is 0 Å². The van der Waals surface area contributed by atoms with Gasteiger partial charge in [-0.25, -0.2) is 4.79 Å². The molecule has 27 heavy (non-hydrogen) atoms. The lowest BCUT2D eigenvalue weighted by molar-refractivity contribution is 0.0914. The summed E-state index contributed by atoms with van der Waals surface area (Å²) >= 11 is 0. The summed E-state index contributed by atoms with van der Waals surface area (Å²) in [6.45, 7) is 12.6. The summed E-state index contributed by atoms with van der Waals surface area (Å²) in [6.07, 6.45) is 1.33. The maximum absolute atomic E-state index is 11.8. The number of hydrogen-bond donors (Lipinski definition) is 1. The Labute approximate surface area is 161 Å². The fourth-order valence-corrected chi connectivity index (χ4v) is 2.76. The predicted octanol–water partition coefficient (Wildman–Crippen LogP) is 1.87. The summed E-state index contributed by atoms with van der Waals surface area (Å²) in [6, 6.07) is 0. The van der Waals surface area contributed by atoms with Gasteiger partial charge in [0.15, 0.2) is 11.8 Å². The molecule has 0 unspecified atom stereocenters. The van der Waals surface area contributed by atoms with Crippen molar-refractivity contribution in [2.75, 3.05) is 45.9 Å². The maximum Gasteiger partial charge on any atom is 0.409 e. The topological polar surface area (TPSA) is 96.1 Å². The number of aliphatic imine (C=N–C) groups is 1. The van der Waals surface area contributed by atoms with Crippen LogP contribution in [0.5, 0.6) is 0 Å². The lowest BCUT2D eigenvalue weighted by atomic mass is 10.2. The number of rotatable bonds is 7. The van der Waals surface area contributed by atoms with E-state index in [1.807, 2.05) is 20.8 Å². The normalized spacial score (nSPS) is 15.4. The molecular formula is C18H32N6O3. The van der Waals surface area contributed by atoms with Gasteiger partial charge in [-0.1, -0.05) is 19.0 Å². The average Bonchev–Trinajstić information content (AvgIpc) is 3.14. The van der Waals surface area contributed by atoms with Crippen molar-refractivity contribution in [2.24, 2.45) is 4.99 Å². The highest BCUT2D eigenvalue weighted by Crippen LogP contribution is 2.11. The zero-order valence-electron chi connectivity index (χ0n) is 16.9. The number of carbonyl (C=O) groups excluding carboxylic acids is 1. The fourth-order valence-electron chi connectivity index (χ4n) is 2.76. The number of aryl methyl sites for hydroxylation is 1. The van der Waals surface area contributed by atoms with Crippen molar-refractivity contribution in [3.05, 3.63) is 11.7 Å². The molecular weight excluding hydrogens is 348 g/mol. The molecule has 9 heteroatoms. The van der Waals surface area contributed by atoms with Crippen LogP contribution in [0.4, 0.5) is 4.79 Å². The lowest BCUT2D eigenvalue weighted by Crippen LogP contribution is -2.53. The Bertz CT molecular complexity index is 608. The molecule has 0 aromatic carbocycles. The number of amides is 1. The van der Waals surface area contributed by atoms with Crippen LogP contribution in [0.1, 0.15) is 51.7 Å². The zero-order chi connectivity index (χ0) is 19.6. The van der Waals surface area contributed by atoms with Crippen molar-refractivity contribution in [1.29, 1.82) is 0 Å². The van der Waals surface area contributed by atoms with Gasteiger partial charge in [0.05, 0.1) is 6.61 Å². The minimum absolute atomic E-state index is 0.237. The second kappa shape index (κ2) is 10.7. The quantitative estimate of drug-likeness (QED) is 0.438. The van der Waals surface area contributed by atoms with Crippen LogP contribution in [0.2, 0.25) is 0 Å². The van der Waals surface area contributed by atoms with E-state index in [2.05, 4.69) is 27.3 Å². The van der Waals surface area contributed by atoms with E-state index in [-0.39, 0.29) is 12.0 Å². The summed E-state index contributed by atoms with van der Waals surface area (Å²) in [7, 11) is 0. The first-order valence-corrected chi connectivity index (χ1v) is 9.82. The summed E-state index contributed by atoms with van der Waals surface area (Å²) in [5.74, 6) is 2.58. The molecule has 152 valence electrons. The third kappa shape index (κ3) is 6.41. The number of hydrogen-bond acceptors (Lipinski definition) is 6. The van der Waals surface area contributed by atoms with Crippen molar-refractivity contribution in [2.45, 2.75) is 46.5 Å². The summed E-state index contributed by atoms with van der Waals surface area (Å²) in [5.41, 5.74) is 0. The Morgan fingerprint density at radius 3 is 2.56 bits per heavy atom. The average molecular weight is 380 g/mol. The summed E-state index contributed by atoms with van der Waals surface area (Å²) in [5, 5.41) is 7.31. The molecule has 1 N–H and O–H groups in total. The third-order valence-corrected chi connectivity index (χ3v) is 4.25. The zero-order valence-corrected chi connectivity index (χ0v) is 16.9. The first kappa shape index (κ1) is 21.0. The first-order chi connectivity index (χ1) is 13.0. The van der Waals surface area contributed by atoms with E-state index in [0.717, 1.165) is 44.3 Å². The number of guanidine groups is 1. The van der Waals surface area contributed by atoms with Crippen molar-refractivity contribution in [3.63, 3.8) is 0 Å². The smallest absolute Gasteiger partial charge is 0.409 e. The van der Waals surface area contributed by atoms with Crippen LogP contribution in [0.3, 0.4) is 0 Å². The molecule has 0 bridgehead atoms. The SMILES string of the molecule is CCNC(=NCCCc1nc(C(C)C)no1)N1CCN(C(=O)OCC)CC1. The second-order valence-corrected chi connectivity index (χ2v) is 6.71. The third-order valence-electron chi connectivity index (χ3n) is 4.25. The highest BCUT2D eigenvalue weighted by molar-refractivity contribution is 5.80. The summed E-state index contributed by atoms with van der Waals surface area (Å²) < 4.78 is 10.3. The van der Waals surface area contributed by atoms with Crippen molar-refractivity contribution < 1.29 is 14.1 Å². The predicted molar refractivity (Wildman–Crippen MR) is 103 cm³/mol. The molecule has 2 rings (SSSR count). The Morgan fingerprint density at radius 1 is 1.26 bits per heavy atom. The van der Waals surface area contributed by atoms with E-state index in [9.17, 15) is 4.79 Å². The number of carbonyl (C=O) groups is 1. The van der Waals surface area contributed by atoms with Gasteiger partial charge in [-0.15, -0.1) is 0 Å². The van der Waals surface area contributed by atoms with Gasteiger partial charge in [-0.2, -0.15) is 4.98 Å². The minimum atomic E-state index is -0.237. The fraction of sp³-hybridized carbons (Fsp3) is 0.778. The number of aromatic nitrogens is 2. The minimum Gasteiger partial charge on any atom is -0.450 e. The molecule has 1 aliphatic heterocycles. The van der Waals surface area contributed by atoms with Crippen molar-refractivity contribution in [3.8, 4) is 0 Å². The van der Waals surface area contributed by atoms with Crippen LogP contribution < -0.4 is 5.32 Å². The van der Waals surface area contributed by atoms with E-state index >= 15 is 0 Å². The first-order valence-electron chi connectivity index (χ1n) is 9.82. The van der Waals surface area contributed by atoms with Crippen LogP contribution in [0.25, 0.3) is 0 Å². The second-order valence-electron chi connectivity index (χ2n) is 6.71. The van der Waals surface area contributed by atoms with E-state index in [1.54, 1.807) is 4.90 Å². The van der Waals surface area contributed by atoms with Gasteiger partial charge >= 0.3 is 6.09 Å². The van der Waals surface area contributed by atoms with Crippen LogP contribution in [0, 0.1) is 0 Å². The maximum atomic E-state index is 11.8. The Balaban J connectivity index is 1.80. The highest BCUT2D eigenvalue weighted by atomic mass is 16.6. The molecule has 0 aliphatic carbocycles. The van der Waals surface area contributed by atoms with Crippen molar-refractivity contribution in [1.82, 2.24) is 25.3 Å². The van der Waals surface area contributed by atoms with Crippen molar-refractivity contribution >= 4 is 12.1 Å². The van der Waals surface area contributed by atoms with Crippen LogP contribution in [0.15, 0.2) is 9.52 Å². The number of ether oxygens (including phenoxy) is 1. The molecule has 0 saturated carbocycles. The van der Waals surface area contributed by atoms with E-state index in [0.29, 0.717) is 32.1 Å². The molecule has 2 heterocycles. The number of nitrogens with one attached hydrogen (secondary N) is 1. The highest BCUT2D eigenvalue weighted by Gasteiger charge is 2.23. The van der Waals surface area contributed by atoms with Gasteiger partial charge in [0.2, 0.25) is 5.89 Å². The Morgan fingerprint density at radius 2 is 1.96 bits per heavy atom. The number of nitrogens with zero attached hydrogens (tertiary/aromatic N) is 5. The molecule has 1 aliphatic rings.